The average Bonchev–Trinajstić information content (AvgIpc) is 3.25. The minimum absolute atomic E-state index is 0. The summed E-state index contributed by atoms with van der Waals surface area (Å²) in [6, 6.07) is 15.7. The number of nitrogens with zero attached hydrogens (tertiary/aromatic N) is 4. The highest BCUT2D eigenvalue weighted by molar-refractivity contribution is 6.07. The largest absolute Gasteiger partial charge is 0.331 e. The van der Waals surface area contributed by atoms with Crippen molar-refractivity contribution >= 4 is 45.9 Å². The van der Waals surface area contributed by atoms with E-state index in [9.17, 15) is 9.18 Å². The Morgan fingerprint density at radius 2 is 1.94 bits per heavy atom. The molecule has 0 unspecified atom stereocenters. The molecule has 8 heteroatoms. The molecule has 1 N–H and O–H groups in total. The first-order valence-corrected chi connectivity index (χ1v) is 9.92. The van der Waals surface area contributed by atoms with Crippen LogP contribution >= 0.6 is 12.4 Å². The van der Waals surface area contributed by atoms with Gasteiger partial charge in [-0.3, -0.25) is 9.78 Å². The minimum Gasteiger partial charge on any atom is -0.331 e. The number of imidazole rings is 1. The van der Waals surface area contributed by atoms with Gasteiger partial charge in [-0.1, -0.05) is 12.1 Å². The summed E-state index contributed by atoms with van der Waals surface area (Å²) in [5, 5.41) is 3.87. The van der Waals surface area contributed by atoms with Crippen molar-refractivity contribution in [2.45, 2.75) is 13.5 Å². The molecule has 3 heterocycles. The molecule has 0 aliphatic carbocycles. The molecule has 0 fully saturated rings. The van der Waals surface area contributed by atoms with Crippen LogP contribution in [0.4, 0.5) is 10.1 Å². The number of pyridine rings is 1. The number of hydrogen-bond acceptors (Lipinski definition) is 3. The topological polar surface area (TPSA) is 64.7 Å². The van der Waals surface area contributed by atoms with Crippen LogP contribution in [0, 0.1) is 12.7 Å². The number of nitrogens with one attached hydrogen (secondary N) is 1. The molecule has 0 saturated carbocycles. The maximum absolute atomic E-state index is 13.7. The highest BCUT2D eigenvalue weighted by Gasteiger charge is 2.17. The number of anilines is 1. The zero-order chi connectivity index (χ0) is 21.5. The maximum atomic E-state index is 13.7. The van der Waals surface area contributed by atoms with E-state index in [0.29, 0.717) is 17.9 Å². The number of aromatic nitrogens is 4. The van der Waals surface area contributed by atoms with Crippen LogP contribution < -0.4 is 5.32 Å². The van der Waals surface area contributed by atoms with E-state index < -0.39 is 0 Å². The van der Waals surface area contributed by atoms with Gasteiger partial charge in [-0.15, -0.1) is 12.4 Å². The van der Waals surface area contributed by atoms with Gasteiger partial charge in [0.1, 0.15) is 17.3 Å². The molecule has 0 aliphatic heterocycles. The number of hydrogen-bond donors (Lipinski definition) is 1. The van der Waals surface area contributed by atoms with Crippen molar-refractivity contribution in [1.82, 2.24) is 19.1 Å². The Hall–Kier alpha value is -3.71. The van der Waals surface area contributed by atoms with E-state index in [1.165, 1.54) is 12.1 Å². The smallest absolute Gasteiger partial charge is 0.272 e. The Labute approximate surface area is 190 Å². The van der Waals surface area contributed by atoms with Crippen LogP contribution in [0.5, 0.6) is 0 Å². The molecule has 32 heavy (non-hydrogen) atoms. The number of halogens is 2. The van der Waals surface area contributed by atoms with Crippen molar-refractivity contribution in [3.8, 4) is 0 Å². The summed E-state index contributed by atoms with van der Waals surface area (Å²) in [6.07, 6.45) is 3.40. The minimum atomic E-state index is -0.308. The second-order valence-electron chi connectivity index (χ2n) is 7.56. The van der Waals surface area contributed by atoms with E-state index >= 15 is 0 Å². The standard InChI is InChI=1S/C24H20FN5O.ClH/c1-15-27-20-12-19(6-7-21(20)29(15)2)28-24(31)22-11-17-8-9-26-13-23(17)30(22)14-16-4-3-5-18(25)10-16;/h3-13H,14H2,1-2H3,(H,28,31);1H. The molecule has 5 rings (SSSR count). The zero-order valence-corrected chi connectivity index (χ0v) is 18.4. The highest BCUT2D eigenvalue weighted by Crippen LogP contribution is 2.24. The molecule has 5 aromatic rings. The molecule has 0 bridgehead atoms. The monoisotopic (exact) mass is 449 g/mol. The number of rotatable bonds is 4. The summed E-state index contributed by atoms with van der Waals surface area (Å²) >= 11 is 0. The molecule has 162 valence electrons. The van der Waals surface area contributed by atoms with E-state index in [2.05, 4.69) is 15.3 Å². The molecule has 0 radical (unpaired) electrons. The van der Waals surface area contributed by atoms with Crippen LogP contribution in [0.25, 0.3) is 21.9 Å². The maximum Gasteiger partial charge on any atom is 0.272 e. The van der Waals surface area contributed by atoms with Gasteiger partial charge < -0.3 is 14.5 Å². The van der Waals surface area contributed by atoms with E-state index in [1.54, 1.807) is 18.5 Å². The van der Waals surface area contributed by atoms with Gasteiger partial charge in [0, 0.05) is 30.9 Å². The normalized spacial score (nSPS) is 11.0. The molecule has 0 saturated heterocycles. The Morgan fingerprint density at radius 1 is 1.09 bits per heavy atom. The van der Waals surface area contributed by atoms with Crippen LogP contribution in [0.15, 0.2) is 67.0 Å². The van der Waals surface area contributed by atoms with Crippen LogP contribution in [-0.4, -0.2) is 25.0 Å². The van der Waals surface area contributed by atoms with E-state index in [1.807, 2.05) is 59.5 Å². The average molecular weight is 450 g/mol. The fourth-order valence-electron chi connectivity index (χ4n) is 3.87. The summed E-state index contributed by atoms with van der Waals surface area (Å²) in [4.78, 5) is 21.9. The molecule has 3 aromatic heterocycles. The molecule has 2 aromatic carbocycles. The van der Waals surface area contributed by atoms with Gasteiger partial charge in [0.25, 0.3) is 5.91 Å². The zero-order valence-electron chi connectivity index (χ0n) is 17.5. The van der Waals surface area contributed by atoms with Gasteiger partial charge in [0.05, 0.1) is 22.7 Å². The first kappa shape index (κ1) is 21.5. The SMILES string of the molecule is Cc1nc2cc(NC(=O)c3cc4ccncc4n3Cc3cccc(F)c3)ccc2n1C.Cl. The second kappa shape index (κ2) is 8.43. The molecule has 0 spiro atoms. The van der Waals surface area contributed by atoms with E-state index in [0.717, 1.165) is 33.3 Å². The van der Waals surface area contributed by atoms with Gasteiger partial charge >= 0.3 is 0 Å². The van der Waals surface area contributed by atoms with E-state index in [-0.39, 0.29) is 24.1 Å². The molecular formula is C24H21ClFN5O. The summed E-state index contributed by atoms with van der Waals surface area (Å²) in [7, 11) is 1.96. The third kappa shape index (κ3) is 3.83. The molecule has 1 amide bonds. The third-order valence-corrected chi connectivity index (χ3v) is 5.53. The lowest BCUT2D eigenvalue weighted by molar-refractivity contribution is 0.101. The second-order valence-corrected chi connectivity index (χ2v) is 7.56. The Balaban J connectivity index is 0.00000245. The van der Waals surface area contributed by atoms with Crippen LogP contribution in [0.3, 0.4) is 0 Å². The molecule has 6 nitrogen and oxygen atoms in total. The summed E-state index contributed by atoms with van der Waals surface area (Å²) < 4.78 is 17.6. The number of amides is 1. The molecule has 0 atom stereocenters. The Morgan fingerprint density at radius 3 is 2.75 bits per heavy atom. The van der Waals surface area contributed by atoms with Crippen LogP contribution in [0.2, 0.25) is 0 Å². The fourth-order valence-corrected chi connectivity index (χ4v) is 3.87. The van der Waals surface area contributed by atoms with Crippen molar-refractivity contribution in [3.63, 3.8) is 0 Å². The van der Waals surface area contributed by atoms with Gasteiger partial charge in [-0.05, 0) is 55.0 Å². The van der Waals surface area contributed by atoms with Crippen molar-refractivity contribution < 1.29 is 9.18 Å². The lowest BCUT2D eigenvalue weighted by atomic mass is 10.2. The van der Waals surface area contributed by atoms with Crippen LogP contribution in [-0.2, 0) is 13.6 Å². The number of carbonyl (C=O) groups is 1. The number of aryl methyl sites for hydroxylation is 2. The Kier molecular flexibility index (Phi) is 5.67. The first-order valence-electron chi connectivity index (χ1n) is 9.92. The third-order valence-electron chi connectivity index (χ3n) is 5.53. The van der Waals surface area contributed by atoms with Crippen molar-refractivity contribution in [1.29, 1.82) is 0 Å². The van der Waals surface area contributed by atoms with Gasteiger partial charge in [0.2, 0.25) is 0 Å². The summed E-state index contributed by atoms with van der Waals surface area (Å²) in [5.74, 6) is 0.345. The number of benzene rings is 2. The first-order chi connectivity index (χ1) is 15.0. The van der Waals surface area contributed by atoms with Gasteiger partial charge in [-0.25, -0.2) is 9.37 Å². The van der Waals surface area contributed by atoms with Gasteiger partial charge in [-0.2, -0.15) is 0 Å². The highest BCUT2D eigenvalue weighted by atomic mass is 35.5. The molecular weight excluding hydrogens is 429 g/mol. The fraction of sp³-hybridized carbons (Fsp3) is 0.125. The number of carbonyl (C=O) groups excluding carboxylic acids is 1. The molecule has 0 aliphatic rings. The Bertz CT molecular complexity index is 1460. The van der Waals surface area contributed by atoms with Crippen molar-refractivity contribution in [3.05, 3.63) is 89.9 Å². The summed E-state index contributed by atoms with van der Waals surface area (Å²) in [5.41, 5.74) is 4.54. The van der Waals surface area contributed by atoms with Crippen molar-refractivity contribution in [2.24, 2.45) is 7.05 Å². The van der Waals surface area contributed by atoms with E-state index in [4.69, 9.17) is 0 Å². The number of fused-ring (bicyclic) bond motifs is 2. The predicted molar refractivity (Wildman–Crippen MR) is 126 cm³/mol. The predicted octanol–water partition coefficient (Wildman–Crippen LogP) is 5.09. The lowest BCUT2D eigenvalue weighted by Gasteiger charge is -2.11. The van der Waals surface area contributed by atoms with Crippen molar-refractivity contribution in [2.75, 3.05) is 5.32 Å². The quantitative estimate of drug-likeness (QED) is 0.415. The van der Waals surface area contributed by atoms with Gasteiger partial charge in [0.15, 0.2) is 0 Å². The summed E-state index contributed by atoms with van der Waals surface area (Å²) in [6.45, 7) is 2.30. The lowest BCUT2D eigenvalue weighted by Crippen LogP contribution is -2.17. The van der Waals surface area contributed by atoms with Crippen LogP contribution in [0.1, 0.15) is 21.9 Å².